The van der Waals surface area contributed by atoms with E-state index >= 15 is 0 Å². The van der Waals surface area contributed by atoms with Crippen LogP contribution in [0.1, 0.15) is 33.3 Å². The summed E-state index contributed by atoms with van der Waals surface area (Å²) in [7, 11) is 0. The van der Waals surface area contributed by atoms with E-state index in [1.54, 1.807) is 24.3 Å². The first kappa shape index (κ1) is 24.5. The molecular weight excluding hydrogens is 458 g/mol. The Morgan fingerprint density at radius 1 is 0.909 bits per heavy atom. The van der Waals surface area contributed by atoms with E-state index in [-0.39, 0.29) is 6.61 Å². The van der Waals surface area contributed by atoms with Crippen LogP contribution >= 0.6 is 11.8 Å². The van der Waals surface area contributed by atoms with Crippen molar-refractivity contribution in [3.8, 4) is 0 Å². The largest absolute Gasteiger partial charge is 0.463 e. The van der Waals surface area contributed by atoms with Crippen molar-refractivity contribution >= 4 is 40.7 Å². The maximum atomic E-state index is 12.0. The normalized spacial score (nSPS) is 28.3. The molecule has 1 aromatic carbocycles. The topological polar surface area (TPSA) is 136 Å². The number of rotatable bonds is 6. The number of carbonyl (C=O) groups excluding carboxylic acids is 4. The standard InChI is InChI=1S/C21H23NO10S/c1-11(23)27-10-16-17(28-12(2)24)18(29-13(3)25)19(30-14(4)26)21(31-16)32-22-20(33-21)15-8-6-5-7-9-15/h5-9,16-19H,10H2,1-4H3/t16-,17-,18+,19-,21-/m1/s1. The van der Waals surface area contributed by atoms with Crippen molar-refractivity contribution in [2.75, 3.05) is 6.61 Å². The number of esters is 4. The third kappa shape index (κ3) is 5.82. The minimum atomic E-state index is -1.81. The smallest absolute Gasteiger partial charge is 0.332 e. The molecule has 1 fully saturated rings. The zero-order valence-corrected chi connectivity index (χ0v) is 19.2. The second-order valence-corrected chi connectivity index (χ2v) is 8.36. The quantitative estimate of drug-likeness (QED) is 0.432. The van der Waals surface area contributed by atoms with Gasteiger partial charge in [-0.25, -0.2) is 0 Å². The SMILES string of the molecule is CC(=O)OC[C@H]1O[C@@]2(ON=C(c3ccccc3)S2)[C@H](OC(C)=O)[C@@H](OC(C)=O)[C@@H]1OC(C)=O. The molecule has 11 nitrogen and oxygen atoms in total. The fraction of sp³-hybridized carbons (Fsp3) is 0.476. The molecular formula is C21H23NO10S. The molecule has 0 amide bonds. The maximum Gasteiger partial charge on any atom is 0.332 e. The van der Waals surface area contributed by atoms with E-state index in [9.17, 15) is 19.2 Å². The molecule has 1 aromatic rings. The molecule has 0 bridgehead atoms. The molecule has 1 spiro atoms. The molecule has 0 unspecified atom stereocenters. The van der Waals surface area contributed by atoms with Crippen LogP contribution in [-0.4, -0.2) is 65.1 Å². The number of benzene rings is 1. The minimum Gasteiger partial charge on any atom is -0.463 e. The Kier molecular flexibility index (Phi) is 7.59. The molecule has 0 N–H and O–H groups in total. The second kappa shape index (κ2) is 10.2. The lowest BCUT2D eigenvalue weighted by Crippen LogP contribution is -2.67. The summed E-state index contributed by atoms with van der Waals surface area (Å²) in [6.07, 6.45) is -5.13. The third-order valence-electron chi connectivity index (χ3n) is 4.52. The Bertz CT molecular complexity index is 952. The van der Waals surface area contributed by atoms with Crippen LogP contribution in [0.4, 0.5) is 0 Å². The van der Waals surface area contributed by atoms with Gasteiger partial charge in [-0.1, -0.05) is 35.5 Å². The van der Waals surface area contributed by atoms with E-state index in [4.69, 9.17) is 28.5 Å². The van der Waals surface area contributed by atoms with Gasteiger partial charge in [-0.2, -0.15) is 0 Å². The van der Waals surface area contributed by atoms with Crippen LogP contribution in [0.3, 0.4) is 0 Å². The van der Waals surface area contributed by atoms with Crippen molar-refractivity contribution < 1.29 is 47.7 Å². The fourth-order valence-corrected chi connectivity index (χ4v) is 4.50. The Morgan fingerprint density at radius 2 is 1.52 bits per heavy atom. The summed E-state index contributed by atoms with van der Waals surface area (Å²) in [6, 6.07) is 9.01. The van der Waals surface area contributed by atoms with Crippen molar-refractivity contribution in [3.05, 3.63) is 35.9 Å². The van der Waals surface area contributed by atoms with Gasteiger partial charge in [-0.15, -0.1) is 0 Å². The van der Waals surface area contributed by atoms with E-state index in [1.807, 2.05) is 6.07 Å². The maximum absolute atomic E-state index is 12.0. The lowest BCUT2D eigenvalue weighted by Gasteiger charge is -2.47. The zero-order valence-electron chi connectivity index (χ0n) is 18.3. The van der Waals surface area contributed by atoms with Gasteiger partial charge in [-0.3, -0.25) is 19.2 Å². The van der Waals surface area contributed by atoms with Gasteiger partial charge >= 0.3 is 29.0 Å². The first-order valence-corrected chi connectivity index (χ1v) is 10.8. The van der Waals surface area contributed by atoms with Gasteiger partial charge in [0.2, 0.25) is 6.10 Å². The first-order valence-electron chi connectivity index (χ1n) is 9.94. The van der Waals surface area contributed by atoms with Crippen molar-refractivity contribution in [1.82, 2.24) is 0 Å². The van der Waals surface area contributed by atoms with Crippen LogP contribution in [0, 0.1) is 0 Å². The number of hydrogen-bond acceptors (Lipinski definition) is 12. The summed E-state index contributed by atoms with van der Waals surface area (Å²) in [5.41, 5.74) is 0.701. The number of ether oxygens (including phenoxy) is 5. The summed E-state index contributed by atoms with van der Waals surface area (Å²) >= 11 is 0.983. The number of oxime groups is 1. The van der Waals surface area contributed by atoms with E-state index in [0.29, 0.717) is 10.6 Å². The highest BCUT2D eigenvalue weighted by atomic mass is 32.2. The van der Waals surface area contributed by atoms with Gasteiger partial charge in [0.05, 0.1) is 0 Å². The molecule has 0 aliphatic carbocycles. The van der Waals surface area contributed by atoms with Crippen LogP contribution in [0.2, 0.25) is 0 Å². The highest BCUT2D eigenvalue weighted by Gasteiger charge is 2.65. The van der Waals surface area contributed by atoms with E-state index < -0.39 is 53.4 Å². The van der Waals surface area contributed by atoms with Crippen LogP contribution in [-0.2, 0) is 47.7 Å². The number of carbonyl (C=O) groups is 4. The summed E-state index contributed by atoms with van der Waals surface area (Å²) < 4.78 is 27.4. The molecule has 1 saturated heterocycles. The highest BCUT2D eigenvalue weighted by Crippen LogP contribution is 2.48. The molecule has 2 aliphatic heterocycles. The van der Waals surface area contributed by atoms with Gasteiger partial charge in [-0.05, 0) is 11.8 Å². The molecule has 33 heavy (non-hydrogen) atoms. The minimum absolute atomic E-state index is 0.357. The Hall–Kier alpha value is -3.12. The van der Waals surface area contributed by atoms with E-state index in [0.717, 1.165) is 32.5 Å². The van der Waals surface area contributed by atoms with Crippen LogP contribution < -0.4 is 0 Å². The van der Waals surface area contributed by atoms with E-state index in [1.165, 1.54) is 6.92 Å². The molecule has 0 aromatic heterocycles. The molecule has 3 rings (SSSR count). The lowest BCUT2D eigenvalue weighted by atomic mass is 9.98. The average molecular weight is 481 g/mol. The summed E-state index contributed by atoms with van der Waals surface area (Å²) in [6.45, 7) is 4.29. The van der Waals surface area contributed by atoms with Crippen LogP contribution in [0.5, 0.6) is 0 Å². The number of hydrogen-bond donors (Lipinski definition) is 0. The predicted octanol–water partition coefficient (Wildman–Crippen LogP) is 1.52. The third-order valence-corrected chi connectivity index (χ3v) is 5.71. The monoisotopic (exact) mass is 481 g/mol. The zero-order chi connectivity index (χ0) is 24.2. The van der Waals surface area contributed by atoms with Gasteiger partial charge in [0, 0.05) is 33.3 Å². The molecule has 0 saturated carbocycles. The molecule has 5 atom stereocenters. The number of nitrogens with zero attached hydrogens (tertiary/aromatic N) is 1. The first-order chi connectivity index (χ1) is 15.6. The lowest BCUT2D eigenvalue weighted by molar-refractivity contribution is -0.323. The van der Waals surface area contributed by atoms with Crippen LogP contribution in [0.15, 0.2) is 35.5 Å². The Balaban J connectivity index is 2.02. The molecule has 178 valence electrons. The highest BCUT2D eigenvalue weighted by molar-refractivity contribution is 8.15. The molecule has 12 heteroatoms. The summed E-state index contributed by atoms with van der Waals surface area (Å²) in [4.78, 5) is 52.8. The molecule has 2 heterocycles. The predicted molar refractivity (Wildman–Crippen MR) is 113 cm³/mol. The molecule has 2 aliphatic rings. The van der Waals surface area contributed by atoms with Gasteiger partial charge in [0.15, 0.2) is 12.2 Å². The van der Waals surface area contributed by atoms with Crippen molar-refractivity contribution in [2.45, 2.75) is 57.2 Å². The molecule has 0 radical (unpaired) electrons. The van der Waals surface area contributed by atoms with Gasteiger partial charge in [0.25, 0.3) is 0 Å². The second-order valence-electron chi connectivity index (χ2n) is 7.20. The van der Waals surface area contributed by atoms with Gasteiger partial charge < -0.3 is 28.5 Å². The Labute approximate surface area is 193 Å². The van der Waals surface area contributed by atoms with Crippen molar-refractivity contribution in [1.29, 1.82) is 0 Å². The summed E-state index contributed by atoms with van der Waals surface area (Å²) in [5.74, 6) is -2.78. The van der Waals surface area contributed by atoms with E-state index in [2.05, 4.69) is 5.16 Å². The van der Waals surface area contributed by atoms with Crippen molar-refractivity contribution in [2.24, 2.45) is 5.16 Å². The number of thioether (sulfide) groups is 1. The summed E-state index contributed by atoms with van der Waals surface area (Å²) in [5, 5.41) is 2.68. The van der Waals surface area contributed by atoms with Crippen LogP contribution in [0.25, 0.3) is 0 Å². The van der Waals surface area contributed by atoms with Gasteiger partial charge in [0.1, 0.15) is 17.8 Å². The average Bonchev–Trinajstić information content (AvgIpc) is 3.16. The fourth-order valence-electron chi connectivity index (χ4n) is 3.36. The Morgan fingerprint density at radius 3 is 2.09 bits per heavy atom. The van der Waals surface area contributed by atoms with Crippen molar-refractivity contribution in [3.63, 3.8) is 0 Å².